The lowest BCUT2D eigenvalue weighted by atomic mass is 10.0. The van der Waals surface area contributed by atoms with Gasteiger partial charge in [0.2, 0.25) is 0 Å². The summed E-state index contributed by atoms with van der Waals surface area (Å²) in [5.41, 5.74) is 0.918. The minimum atomic E-state index is -4.01. The van der Waals surface area contributed by atoms with Gasteiger partial charge in [0.25, 0.3) is 0 Å². The monoisotopic (exact) mass is 538 g/mol. The maximum Gasteiger partial charge on any atom is 0.339 e. The lowest BCUT2D eigenvalue weighted by Crippen LogP contribution is -2.13. The fourth-order valence-corrected chi connectivity index (χ4v) is 4.55. The third kappa shape index (κ3) is 4.93. The molecule has 3 aromatic carbocycles. The first-order valence-corrected chi connectivity index (χ1v) is 11.4. The molecule has 0 aliphatic carbocycles. The molecule has 0 saturated heterocycles. The zero-order chi connectivity index (χ0) is 21.7. The molecule has 30 heavy (non-hydrogen) atoms. The van der Waals surface area contributed by atoms with Crippen LogP contribution in [0.3, 0.4) is 0 Å². The Labute approximate surface area is 189 Å². The van der Waals surface area contributed by atoms with Crippen molar-refractivity contribution in [1.82, 2.24) is 0 Å². The second-order valence-corrected chi connectivity index (χ2v) is 8.95. The molecule has 0 N–H and O–H groups in total. The molecule has 156 valence electrons. The SMILES string of the molecule is COc1cc(I)c(C(=O)Cc2ccccc2OS(=O)(=O)c2ccccc2)cc1OC. The van der Waals surface area contributed by atoms with Gasteiger partial charge in [0.1, 0.15) is 10.6 Å². The number of ether oxygens (including phenoxy) is 2. The number of rotatable bonds is 8. The second kappa shape index (κ2) is 9.48. The Morgan fingerprint density at radius 2 is 1.47 bits per heavy atom. The van der Waals surface area contributed by atoms with E-state index >= 15 is 0 Å². The van der Waals surface area contributed by atoms with Gasteiger partial charge in [0, 0.05) is 21.1 Å². The summed E-state index contributed by atoms with van der Waals surface area (Å²) < 4.78 is 41.7. The van der Waals surface area contributed by atoms with Crippen molar-refractivity contribution >= 4 is 38.5 Å². The number of Topliss-reactive ketones (excluding diaryl/α,β-unsaturated/α-hetero) is 1. The molecule has 0 unspecified atom stereocenters. The van der Waals surface area contributed by atoms with Crippen LogP contribution in [0.15, 0.2) is 71.6 Å². The summed E-state index contributed by atoms with van der Waals surface area (Å²) in [7, 11) is -0.993. The molecule has 6 nitrogen and oxygen atoms in total. The molecule has 0 atom stereocenters. The van der Waals surface area contributed by atoms with E-state index in [0.717, 1.165) is 0 Å². The summed E-state index contributed by atoms with van der Waals surface area (Å²) in [4.78, 5) is 13.0. The van der Waals surface area contributed by atoms with E-state index in [4.69, 9.17) is 13.7 Å². The Hall–Kier alpha value is -2.59. The Kier molecular flexibility index (Phi) is 6.99. The van der Waals surface area contributed by atoms with E-state index in [1.165, 1.54) is 32.4 Å². The highest BCUT2D eigenvalue weighted by Gasteiger charge is 2.21. The van der Waals surface area contributed by atoms with E-state index in [1.807, 2.05) is 0 Å². The maximum absolute atomic E-state index is 13.0. The zero-order valence-electron chi connectivity index (χ0n) is 16.3. The first kappa shape index (κ1) is 22.1. The molecule has 8 heteroatoms. The van der Waals surface area contributed by atoms with Crippen LogP contribution >= 0.6 is 22.6 Å². The molecule has 0 amide bonds. The van der Waals surface area contributed by atoms with Gasteiger partial charge in [-0.25, -0.2) is 0 Å². The Bertz CT molecular complexity index is 1160. The number of hydrogen-bond donors (Lipinski definition) is 0. The van der Waals surface area contributed by atoms with E-state index in [0.29, 0.717) is 26.2 Å². The summed E-state index contributed by atoms with van der Waals surface area (Å²) >= 11 is 2.06. The molecule has 0 heterocycles. The van der Waals surface area contributed by atoms with Crippen molar-refractivity contribution in [3.63, 3.8) is 0 Å². The summed E-state index contributed by atoms with van der Waals surface area (Å²) in [5, 5.41) is 0. The van der Waals surface area contributed by atoms with E-state index in [9.17, 15) is 13.2 Å². The summed E-state index contributed by atoms with van der Waals surface area (Å²) in [6.07, 6.45) is -0.0357. The second-order valence-electron chi connectivity index (χ2n) is 6.25. The normalized spacial score (nSPS) is 11.0. The summed E-state index contributed by atoms with van der Waals surface area (Å²) in [6, 6.07) is 17.8. The predicted octanol–water partition coefficient (Wildman–Crippen LogP) is 4.50. The van der Waals surface area contributed by atoms with Gasteiger partial charge in [-0.05, 0) is 52.9 Å². The van der Waals surface area contributed by atoms with Crippen LogP contribution in [0, 0.1) is 3.57 Å². The number of halogens is 1. The van der Waals surface area contributed by atoms with Crippen LogP contribution in [0.1, 0.15) is 15.9 Å². The van der Waals surface area contributed by atoms with Gasteiger partial charge in [-0.15, -0.1) is 0 Å². The highest BCUT2D eigenvalue weighted by molar-refractivity contribution is 14.1. The van der Waals surface area contributed by atoms with Gasteiger partial charge in [0.05, 0.1) is 14.2 Å². The third-order valence-electron chi connectivity index (χ3n) is 4.33. The zero-order valence-corrected chi connectivity index (χ0v) is 19.3. The first-order chi connectivity index (χ1) is 14.4. The Morgan fingerprint density at radius 3 is 2.13 bits per heavy atom. The lowest BCUT2D eigenvalue weighted by Gasteiger charge is -2.13. The molecule has 0 radical (unpaired) electrons. The molecule has 0 aliphatic heterocycles. The number of para-hydroxylation sites is 1. The van der Waals surface area contributed by atoms with Crippen LogP contribution in [-0.2, 0) is 16.5 Å². The molecule has 0 aliphatic rings. The number of benzene rings is 3. The minimum Gasteiger partial charge on any atom is -0.493 e. The summed E-state index contributed by atoms with van der Waals surface area (Å²) in [5.74, 6) is 0.882. The van der Waals surface area contributed by atoms with Gasteiger partial charge in [-0.1, -0.05) is 36.4 Å². The van der Waals surface area contributed by atoms with Gasteiger partial charge in [0.15, 0.2) is 17.3 Å². The van der Waals surface area contributed by atoms with Crippen LogP contribution < -0.4 is 13.7 Å². The average molecular weight is 538 g/mol. The lowest BCUT2D eigenvalue weighted by molar-refractivity contribution is 0.0991. The number of carbonyl (C=O) groups excluding carboxylic acids is 1. The van der Waals surface area contributed by atoms with Crippen LogP contribution in [-0.4, -0.2) is 28.4 Å². The maximum atomic E-state index is 13.0. The molecular formula is C22H19IO6S. The topological polar surface area (TPSA) is 78.9 Å². The number of carbonyl (C=O) groups is 1. The Morgan fingerprint density at radius 1 is 0.867 bits per heavy atom. The van der Waals surface area contributed by atoms with Gasteiger partial charge in [-0.2, -0.15) is 8.42 Å². The first-order valence-electron chi connectivity index (χ1n) is 8.88. The summed E-state index contributed by atoms with van der Waals surface area (Å²) in [6.45, 7) is 0. The minimum absolute atomic E-state index is 0.0357. The van der Waals surface area contributed by atoms with Crippen molar-refractivity contribution in [3.05, 3.63) is 81.4 Å². The van der Waals surface area contributed by atoms with E-state index < -0.39 is 10.1 Å². The Balaban J connectivity index is 1.89. The van der Waals surface area contributed by atoms with Crippen molar-refractivity contribution in [3.8, 4) is 17.2 Å². The van der Waals surface area contributed by atoms with Crippen LogP contribution in [0.2, 0.25) is 0 Å². The number of methoxy groups -OCH3 is 2. The van der Waals surface area contributed by atoms with Gasteiger partial charge < -0.3 is 13.7 Å². The van der Waals surface area contributed by atoms with E-state index in [1.54, 1.807) is 48.5 Å². The van der Waals surface area contributed by atoms with Gasteiger partial charge in [-0.3, -0.25) is 4.79 Å². The average Bonchev–Trinajstić information content (AvgIpc) is 2.75. The molecular weight excluding hydrogens is 519 g/mol. The predicted molar refractivity (Wildman–Crippen MR) is 121 cm³/mol. The van der Waals surface area contributed by atoms with E-state index in [2.05, 4.69) is 22.6 Å². The molecule has 0 fully saturated rings. The molecule has 0 spiro atoms. The van der Waals surface area contributed by atoms with E-state index in [-0.39, 0.29) is 22.8 Å². The highest BCUT2D eigenvalue weighted by Crippen LogP contribution is 2.32. The molecule has 0 saturated carbocycles. The van der Waals surface area contributed by atoms with Crippen molar-refractivity contribution in [2.45, 2.75) is 11.3 Å². The van der Waals surface area contributed by atoms with Crippen molar-refractivity contribution < 1.29 is 26.9 Å². The van der Waals surface area contributed by atoms with Crippen molar-refractivity contribution in [2.75, 3.05) is 14.2 Å². The van der Waals surface area contributed by atoms with Gasteiger partial charge >= 0.3 is 10.1 Å². The third-order valence-corrected chi connectivity index (χ3v) is 6.47. The van der Waals surface area contributed by atoms with Crippen LogP contribution in [0.4, 0.5) is 0 Å². The van der Waals surface area contributed by atoms with Crippen molar-refractivity contribution in [1.29, 1.82) is 0 Å². The number of ketones is 1. The number of hydrogen-bond acceptors (Lipinski definition) is 6. The standard InChI is InChI=1S/C22H19IO6S/c1-27-21-13-17(18(23)14-22(21)28-2)19(24)12-15-8-6-7-11-20(15)29-30(25,26)16-9-4-3-5-10-16/h3-11,13-14H,12H2,1-2H3. The van der Waals surface area contributed by atoms with Crippen LogP contribution in [0.25, 0.3) is 0 Å². The molecule has 3 rings (SSSR count). The van der Waals surface area contributed by atoms with Crippen molar-refractivity contribution in [2.24, 2.45) is 0 Å². The smallest absolute Gasteiger partial charge is 0.339 e. The molecule has 0 bridgehead atoms. The molecule has 0 aromatic heterocycles. The fourth-order valence-electron chi connectivity index (χ4n) is 2.82. The largest absolute Gasteiger partial charge is 0.493 e. The quantitative estimate of drug-likeness (QED) is 0.239. The fraction of sp³-hybridized carbons (Fsp3) is 0.136. The highest BCUT2D eigenvalue weighted by atomic mass is 127. The van der Waals surface area contributed by atoms with Crippen LogP contribution in [0.5, 0.6) is 17.2 Å². The molecule has 3 aromatic rings.